The summed E-state index contributed by atoms with van der Waals surface area (Å²) in [5, 5.41) is 0. The van der Waals surface area contributed by atoms with E-state index in [4.69, 9.17) is 5.73 Å². The van der Waals surface area contributed by atoms with Crippen molar-refractivity contribution in [3.8, 4) is 0 Å². The lowest BCUT2D eigenvalue weighted by Crippen LogP contribution is -2.03. The van der Waals surface area contributed by atoms with Gasteiger partial charge in [-0.25, -0.2) is 0 Å². The van der Waals surface area contributed by atoms with Gasteiger partial charge in [-0.3, -0.25) is 4.79 Å². The molecule has 1 aromatic carbocycles. The Hall–Kier alpha value is -1.31. The number of hydrogen-bond donors (Lipinski definition) is 1. The van der Waals surface area contributed by atoms with Crippen LogP contribution in [0.15, 0.2) is 24.3 Å². The number of para-hydroxylation sites is 1. The Morgan fingerprint density at radius 3 is 2.67 bits per heavy atom. The van der Waals surface area contributed by atoms with Gasteiger partial charge in [-0.15, -0.1) is 0 Å². The molecule has 0 atom stereocenters. The maximum atomic E-state index is 11.1. The van der Waals surface area contributed by atoms with E-state index in [1.54, 1.807) is 0 Å². The van der Waals surface area contributed by atoms with E-state index in [0.717, 1.165) is 5.56 Å². The number of rotatable bonds is 3. The molecular formula is C10H13NO. The van der Waals surface area contributed by atoms with Crippen molar-refractivity contribution in [2.45, 2.75) is 19.8 Å². The average molecular weight is 163 g/mol. The van der Waals surface area contributed by atoms with Crippen molar-refractivity contribution in [2.75, 3.05) is 5.73 Å². The van der Waals surface area contributed by atoms with E-state index < -0.39 is 0 Å². The van der Waals surface area contributed by atoms with Crippen molar-refractivity contribution in [3.63, 3.8) is 0 Å². The Labute approximate surface area is 72.4 Å². The molecular weight excluding hydrogens is 150 g/mol. The van der Waals surface area contributed by atoms with Crippen LogP contribution in [0.4, 0.5) is 5.69 Å². The summed E-state index contributed by atoms with van der Waals surface area (Å²) in [6.45, 7) is 1.86. The van der Waals surface area contributed by atoms with Gasteiger partial charge < -0.3 is 5.73 Å². The summed E-state index contributed by atoms with van der Waals surface area (Å²) in [6, 6.07) is 7.48. The van der Waals surface area contributed by atoms with Crippen LogP contribution >= 0.6 is 0 Å². The summed E-state index contributed by atoms with van der Waals surface area (Å²) >= 11 is 0. The number of carbonyl (C=O) groups excluding carboxylic acids is 1. The number of nitrogen functional groups attached to an aromatic ring is 1. The topological polar surface area (TPSA) is 43.1 Å². The second-order valence-corrected chi connectivity index (χ2v) is 2.77. The molecule has 0 saturated heterocycles. The third-order valence-electron chi connectivity index (χ3n) is 1.84. The Morgan fingerprint density at radius 2 is 2.08 bits per heavy atom. The molecule has 1 rings (SSSR count). The molecule has 2 N–H and O–H groups in total. The van der Waals surface area contributed by atoms with Gasteiger partial charge >= 0.3 is 0 Å². The van der Waals surface area contributed by atoms with Crippen molar-refractivity contribution in [1.82, 2.24) is 0 Å². The Kier molecular flexibility index (Phi) is 2.86. The molecule has 1 aromatic rings. The molecule has 0 unspecified atom stereocenters. The van der Waals surface area contributed by atoms with E-state index in [1.165, 1.54) is 0 Å². The zero-order valence-electron chi connectivity index (χ0n) is 7.21. The van der Waals surface area contributed by atoms with Gasteiger partial charge in [0.25, 0.3) is 0 Å². The molecule has 0 radical (unpaired) electrons. The minimum atomic E-state index is 0.230. The lowest BCUT2D eigenvalue weighted by atomic mass is 10.1. The number of anilines is 1. The number of carbonyl (C=O) groups is 1. The predicted octanol–water partition coefficient (Wildman–Crippen LogP) is 1.79. The molecule has 0 bridgehead atoms. The van der Waals surface area contributed by atoms with Crippen LogP contribution in [0.1, 0.15) is 18.9 Å². The summed E-state index contributed by atoms with van der Waals surface area (Å²) in [4.78, 5) is 11.1. The molecule has 0 amide bonds. The fourth-order valence-corrected chi connectivity index (χ4v) is 1.03. The van der Waals surface area contributed by atoms with E-state index >= 15 is 0 Å². The summed E-state index contributed by atoms with van der Waals surface area (Å²) in [5.41, 5.74) is 7.31. The van der Waals surface area contributed by atoms with Gasteiger partial charge in [0.2, 0.25) is 0 Å². The number of benzene rings is 1. The van der Waals surface area contributed by atoms with Gasteiger partial charge in [0, 0.05) is 18.5 Å². The fourth-order valence-electron chi connectivity index (χ4n) is 1.03. The van der Waals surface area contributed by atoms with Crippen molar-refractivity contribution in [1.29, 1.82) is 0 Å². The van der Waals surface area contributed by atoms with Crippen LogP contribution in [0.5, 0.6) is 0 Å². The summed E-state index contributed by atoms with van der Waals surface area (Å²) in [7, 11) is 0. The van der Waals surface area contributed by atoms with Crippen molar-refractivity contribution in [2.24, 2.45) is 0 Å². The van der Waals surface area contributed by atoms with Gasteiger partial charge in [0.05, 0.1) is 0 Å². The highest BCUT2D eigenvalue weighted by molar-refractivity contribution is 5.81. The lowest BCUT2D eigenvalue weighted by molar-refractivity contribution is -0.118. The molecule has 64 valence electrons. The van der Waals surface area contributed by atoms with E-state index in [2.05, 4.69) is 0 Å². The maximum absolute atomic E-state index is 11.1. The molecule has 0 fully saturated rings. The first-order chi connectivity index (χ1) is 5.74. The van der Waals surface area contributed by atoms with Crippen LogP contribution in [0.2, 0.25) is 0 Å². The van der Waals surface area contributed by atoms with Crippen LogP contribution in [0.25, 0.3) is 0 Å². The van der Waals surface area contributed by atoms with Gasteiger partial charge in [-0.1, -0.05) is 25.1 Å². The average Bonchev–Trinajstić information content (AvgIpc) is 2.09. The molecule has 0 aliphatic heterocycles. The Bertz CT molecular complexity index is 281. The number of Topliss-reactive ketones (excluding diaryl/α,β-unsaturated/α-hetero) is 1. The smallest absolute Gasteiger partial charge is 0.137 e. The lowest BCUT2D eigenvalue weighted by Gasteiger charge is -2.02. The van der Waals surface area contributed by atoms with Crippen LogP contribution in [0, 0.1) is 0 Å². The second kappa shape index (κ2) is 3.90. The largest absolute Gasteiger partial charge is 0.398 e. The minimum absolute atomic E-state index is 0.230. The fraction of sp³-hybridized carbons (Fsp3) is 0.300. The highest BCUT2D eigenvalue weighted by atomic mass is 16.1. The number of ketones is 1. The van der Waals surface area contributed by atoms with Gasteiger partial charge in [-0.05, 0) is 11.6 Å². The highest BCUT2D eigenvalue weighted by Gasteiger charge is 2.02. The molecule has 0 heterocycles. The third kappa shape index (κ3) is 2.09. The molecule has 0 aliphatic carbocycles. The zero-order valence-corrected chi connectivity index (χ0v) is 7.21. The monoisotopic (exact) mass is 163 g/mol. The molecule has 2 nitrogen and oxygen atoms in total. The van der Waals surface area contributed by atoms with Crippen LogP contribution in [0.3, 0.4) is 0 Å². The van der Waals surface area contributed by atoms with E-state index in [1.807, 2.05) is 31.2 Å². The van der Waals surface area contributed by atoms with E-state index in [9.17, 15) is 4.79 Å². The first kappa shape index (κ1) is 8.78. The van der Waals surface area contributed by atoms with Crippen LogP contribution < -0.4 is 5.73 Å². The SMILES string of the molecule is CCC(=O)Cc1ccccc1N. The van der Waals surface area contributed by atoms with Gasteiger partial charge in [0.15, 0.2) is 0 Å². The quantitative estimate of drug-likeness (QED) is 0.690. The summed E-state index contributed by atoms with van der Waals surface area (Å²) in [6.07, 6.45) is 1.04. The first-order valence-electron chi connectivity index (χ1n) is 4.09. The standard InChI is InChI=1S/C10H13NO/c1-2-9(12)7-8-5-3-4-6-10(8)11/h3-6H,2,7,11H2,1H3. The van der Waals surface area contributed by atoms with E-state index in [0.29, 0.717) is 18.5 Å². The van der Waals surface area contributed by atoms with Gasteiger partial charge in [0.1, 0.15) is 5.78 Å². The summed E-state index contributed by atoms with van der Waals surface area (Å²) < 4.78 is 0. The Morgan fingerprint density at radius 1 is 1.42 bits per heavy atom. The molecule has 0 saturated carbocycles. The number of nitrogens with two attached hydrogens (primary N) is 1. The van der Waals surface area contributed by atoms with Crippen LogP contribution in [-0.2, 0) is 11.2 Å². The molecule has 12 heavy (non-hydrogen) atoms. The van der Waals surface area contributed by atoms with Crippen molar-refractivity contribution < 1.29 is 4.79 Å². The highest BCUT2D eigenvalue weighted by Crippen LogP contribution is 2.11. The Balaban J connectivity index is 2.75. The molecule has 0 aromatic heterocycles. The van der Waals surface area contributed by atoms with Gasteiger partial charge in [-0.2, -0.15) is 0 Å². The maximum Gasteiger partial charge on any atom is 0.137 e. The van der Waals surface area contributed by atoms with Crippen LogP contribution in [-0.4, -0.2) is 5.78 Å². The third-order valence-corrected chi connectivity index (χ3v) is 1.84. The second-order valence-electron chi connectivity index (χ2n) is 2.77. The molecule has 0 spiro atoms. The van der Waals surface area contributed by atoms with Crippen molar-refractivity contribution >= 4 is 11.5 Å². The predicted molar refractivity (Wildman–Crippen MR) is 49.9 cm³/mol. The first-order valence-corrected chi connectivity index (χ1v) is 4.09. The zero-order chi connectivity index (χ0) is 8.97. The molecule has 0 aliphatic rings. The van der Waals surface area contributed by atoms with E-state index in [-0.39, 0.29) is 5.78 Å². The summed E-state index contributed by atoms with van der Waals surface area (Å²) in [5.74, 6) is 0.230. The van der Waals surface area contributed by atoms with Crippen molar-refractivity contribution in [3.05, 3.63) is 29.8 Å². The minimum Gasteiger partial charge on any atom is -0.398 e. The normalized spacial score (nSPS) is 9.75. The number of hydrogen-bond acceptors (Lipinski definition) is 2. The molecule has 2 heteroatoms.